The zero-order valence-electron chi connectivity index (χ0n) is 5.70. The van der Waals surface area contributed by atoms with Crippen LogP contribution in [0.5, 0.6) is 0 Å². The summed E-state index contributed by atoms with van der Waals surface area (Å²) in [5.41, 5.74) is 11.5. The lowest BCUT2D eigenvalue weighted by atomic mass is 10.2. The fourth-order valence-electron chi connectivity index (χ4n) is 0.766. The molecule has 0 amide bonds. The Kier molecular flexibility index (Phi) is 2.00. The molecule has 0 aliphatic rings. The molecule has 0 aliphatic carbocycles. The molecular formula is C6H8N2O2S. The zero-order chi connectivity index (χ0) is 8.43. The summed E-state index contributed by atoms with van der Waals surface area (Å²) in [5, 5.41) is 9.45. The van der Waals surface area contributed by atoms with E-state index in [1.54, 1.807) is 6.07 Å². The highest BCUT2D eigenvalue weighted by atomic mass is 32.1. The van der Waals surface area contributed by atoms with Crippen molar-refractivity contribution in [2.24, 2.45) is 0 Å². The minimum Gasteiger partial charge on any atom is -0.481 e. The van der Waals surface area contributed by atoms with Crippen molar-refractivity contribution in [3.05, 3.63) is 11.6 Å². The molecule has 1 rings (SSSR count). The first-order valence-corrected chi connectivity index (χ1v) is 3.76. The van der Waals surface area contributed by atoms with E-state index in [2.05, 4.69) is 0 Å². The van der Waals surface area contributed by atoms with Gasteiger partial charge in [-0.3, -0.25) is 4.79 Å². The Balaban J connectivity index is 2.85. The summed E-state index contributed by atoms with van der Waals surface area (Å²) < 4.78 is 0. The maximum absolute atomic E-state index is 10.2. The predicted molar refractivity (Wildman–Crippen MR) is 44.5 cm³/mol. The van der Waals surface area contributed by atoms with Gasteiger partial charge < -0.3 is 16.6 Å². The monoisotopic (exact) mass is 172 g/mol. The van der Waals surface area contributed by atoms with E-state index in [0.29, 0.717) is 15.6 Å². The number of anilines is 2. The Hall–Kier alpha value is -1.23. The van der Waals surface area contributed by atoms with Crippen LogP contribution in [0.4, 0.5) is 10.0 Å². The molecule has 5 heteroatoms. The van der Waals surface area contributed by atoms with Crippen LogP contribution in [0.15, 0.2) is 6.07 Å². The number of aliphatic carboxylic acids is 1. The topological polar surface area (TPSA) is 89.3 Å². The molecule has 0 saturated carbocycles. The summed E-state index contributed by atoms with van der Waals surface area (Å²) in [6.45, 7) is 0. The van der Waals surface area contributed by atoms with Gasteiger partial charge in [-0.2, -0.15) is 0 Å². The molecule has 0 fully saturated rings. The number of carboxylic acids is 1. The number of nitrogen functional groups attached to an aromatic ring is 2. The molecule has 0 spiro atoms. The summed E-state index contributed by atoms with van der Waals surface area (Å²) in [7, 11) is 0. The SMILES string of the molecule is Nc1cc(CC(=O)O)c(N)s1. The number of carbonyl (C=O) groups is 1. The number of nitrogens with two attached hydrogens (primary N) is 2. The van der Waals surface area contributed by atoms with Crippen LogP contribution < -0.4 is 11.5 Å². The molecule has 0 saturated heterocycles. The minimum absolute atomic E-state index is 0.0560. The van der Waals surface area contributed by atoms with E-state index in [-0.39, 0.29) is 6.42 Å². The summed E-state index contributed by atoms with van der Waals surface area (Å²) in [6.07, 6.45) is -0.0560. The van der Waals surface area contributed by atoms with Gasteiger partial charge in [0.15, 0.2) is 0 Å². The summed E-state index contributed by atoms with van der Waals surface area (Å²) in [5.74, 6) is -0.894. The van der Waals surface area contributed by atoms with Crippen molar-refractivity contribution in [2.45, 2.75) is 6.42 Å². The van der Waals surface area contributed by atoms with Crippen molar-refractivity contribution in [3.63, 3.8) is 0 Å². The highest BCUT2D eigenvalue weighted by Crippen LogP contribution is 2.26. The van der Waals surface area contributed by atoms with Crippen molar-refractivity contribution >= 4 is 27.3 Å². The van der Waals surface area contributed by atoms with Crippen LogP contribution in [0, 0.1) is 0 Å². The lowest BCUT2D eigenvalue weighted by Gasteiger charge is -1.91. The highest BCUT2D eigenvalue weighted by Gasteiger charge is 2.07. The maximum atomic E-state index is 10.2. The first-order valence-electron chi connectivity index (χ1n) is 2.95. The van der Waals surface area contributed by atoms with Crippen LogP contribution in [0.25, 0.3) is 0 Å². The lowest BCUT2D eigenvalue weighted by molar-refractivity contribution is -0.136. The molecule has 0 aliphatic heterocycles. The molecule has 0 bridgehead atoms. The molecule has 0 aromatic carbocycles. The minimum atomic E-state index is -0.894. The molecule has 5 N–H and O–H groups in total. The van der Waals surface area contributed by atoms with E-state index in [1.807, 2.05) is 0 Å². The standard InChI is InChI=1S/C6H8N2O2S/c7-4-1-3(2-5(9)10)6(8)11-4/h1H,2,7-8H2,(H,9,10). The van der Waals surface area contributed by atoms with E-state index in [1.165, 1.54) is 11.3 Å². The Bertz CT molecular complexity index is 282. The van der Waals surface area contributed by atoms with E-state index in [9.17, 15) is 4.79 Å². The number of thiophene rings is 1. The molecular weight excluding hydrogens is 164 g/mol. The van der Waals surface area contributed by atoms with Crippen molar-refractivity contribution in [2.75, 3.05) is 11.5 Å². The van der Waals surface area contributed by atoms with Crippen LogP contribution in [-0.2, 0) is 11.2 Å². The Morgan fingerprint density at radius 1 is 1.64 bits per heavy atom. The van der Waals surface area contributed by atoms with Gasteiger partial charge in [0.2, 0.25) is 0 Å². The molecule has 1 heterocycles. The fraction of sp³-hybridized carbons (Fsp3) is 0.167. The first-order chi connectivity index (χ1) is 5.09. The average Bonchev–Trinajstić information content (AvgIpc) is 2.09. The van der Waals surface area contributed by atoms with Gasteiger partial charge >= 0.3 is 5.97 Å². The van der Waals surface area contributed by atoms with E-state index in [0.717, 1.165) is 0 Å². The first kappa shape index (κ1) is 7.87. The van der Waals surface area contributed by atoms with Crippen LogP contribution in [0.2, 0.25) is 0 Å². The molecule has 1 aromatic rings. The summed E-state index contributed by atoms with van der Waals surface area (Å²) in [4.78, 5) is 10.2. The molecule has 4 nitrogen and oxygen atoms in total. The third kappa shape index (κ3) is 1.84. The second-order valence-corrected chi connectivity index (χ2v) is 3.22. The van der Waals surface area contributed by atoms with Crippen molar-refractivity contribution in [1.82, 2.24) is 0 Å². The van der Waals surface area contributed by atoms with E-state index >= 15 is 0 Å². The van der Waals surface area contributed by atoms with Gasteiger partial charge in [0, 0.05) is 0 Å². The molecule has 0 atom stereocenters. The van der Waals surface area contributed by atoms with Crippen LogP contribution in [-0.4, -0.2) is 11.1 Å². The molecule has 0 unspecified atom stereocenters. The number of carboxylic acid groups (broad SMARTS) is 1. The van der Waals surface area contributed by atoms with Gasteiger partial charge in [-0.15, -0.1) is 11.3 Å². The molecule has 60 valence electrons. The number of rotatable bonds is 2. The largest absolute Gasteiger partial charge is 0.481 e. The van der Waals surface area contributed by atoms with Gasteiger partial charge in [-0.1, -0.05) is 0 Å². The Morgan fingerprint density at radius 3 is 2.64 bits per heavy atom. The van der Waals surface area contributed by atoms with E-state index in [4.69, 9.17) is 16.6 Å². The van der Waals surface area contributed by atoms with Crippen LogP contribution >= 0.6 is 11.3 Å². The third-order valence-corrected chi connectivity index (χ3v) is 2.04. The second kappa shape index (κ2) is 2.79. The third-order valence-electron chi connectivity index (χ3n) is 1.20. The van der Waals surface area contributed by atoms with E-state index < -0.39 is 5.97 Å². The molecule has 0 radical (unpaired) electrons. The van der Waals surface area contributed by atoms with Gasteiger partial charge in [-0.25, -0.2) is 0 Å². The summed E-state index contributed by atoms with van der Waals surface area (Å²) in [6, 6.07) is 1.59. The average molecular weight is 172 g/mol. The fourth-order valence-corrected chi connectivity index (χ4v) is 1.48. The molecule has 11 heavy (non-hydrogen) atoms. The number of hydrogen-bond donors (Lipinski definition) is 3. The number of hydrogen-bond acceptors (Lipinski definition) is 4. The van der Waals surface area contributed by atoms with Crippen LogP contribution in [0.1, 0.15) is 5.56 Å². The normalized spacial score (nSPS) is 9.82. The lowest BCUT2D eigenvalue weighted by Crippen LogP contribution is -2.00. The van der Waals surface area contributed by atoms with Crippen molar-refractivity contribution in [1.29, 1.82) is 0 Å². The van der Waals surface area contributed by atoms with Gasteiger partial charge in [-0.05, 0) is 11.6 Å². The smallest absolute Gasteiger partial charge is 0.307 e. The second-order valence-electron chi connectivity index (χ2n) is 2.11. The van der Waals surface area contributed by atoms with Gasteiger partial charge in [0.05, 0.1) is 16.4 Å². The van der Waals surface area contributed by atoms with Crippen molar-refractivity contribution < 1.29 is 9.90 Å². The maximum Gasteiger partial charge on any atom is 0.307 e. The van der Waals surface area contributed by atoms with Crippen LogP contribution in [0.3, 0.4) is 0 Å². The molecule has 1 aromatic heterocycles. The predicted octanol–water partition coefficient (Wildman–Crippen LogP) is 0.540. The zero-order valence-corrected chi connectivity index (χ0v) is 6.52. The van der Waals surface area contributed by atoms with Crippen molar-refractivity contribution in [3.8, 4) is 0 Å². The van der Waals surface area contributed by atoms with Gasteiger partial charge in [0.1, 0.15) is 0 Å². The highest BCUT2D eigenvalue weighted by molar-refractivity contribution is 7.19. The Labute approximate surface area is 67.4 Å². The summed E-state index contributed by atoms with van der Waals surface area (Å²) >= 11 is 1.20. The quantitative estimate of drug-likeness (QED) is 0.607. The van der Waals surface area contributed by atoms with Gasteiger partial charge in [0.25, 0.3) is 0 Å². The Morgan fingerprint density at radius 2 is 2.27 bits per heavy atom.